The maximum Gasteiger partial charge on any atom is 0.243 e. The van der Waals surface area contributed by atoms with Crippen molar-refractivity contribution in [3.63, 3.8) is 0 Å². The highest BCUT2D eigenvalue weighted by Crippen LogP contribution is 2.11. The molecular weight excluding hydrogens is 268 g/mol. The molecule has 0 spiro atoms. The molecule has 1 aliphatic rings. The van der Waals surface area contributed by atoms with Crippen molar-refractivity contribution in [1.82, 2.24) is 10.6 Å². The summed E-state index contributed by atoms with van der Waals surface area (Å²) < 4.78 is 5.67. The van der Waals surface area contributed by atoms with E-state index in [0.717, 1.165) is 5.56 Å². The number of hydrogen-bond donors (Lipinski definition) is 2. The third kappa shape index (κ3) is 4.86. The summed E-state index contributed by atoms with van der Waals surface area (Å²) in [7, 11) is 0. The maximum absolute atomic E-state index is 12.1. The van der Waals surface area contributed by atoms with Crippen LogP contribution in [0.1, 0.15) is 32.3 Å². The van der Waals surface area contributed by atoms with E-state index in [4.69, 9.17) is 4.74 Å². The van der Waals surface area contributed by atoms with E-state index in [0.29, 0.717) is 26.1 Å². The van der Waals surface area contributed by atoms with E-state index in [1.54, 1.807) is 0 Å². The first-order valence-electron chi connectivity index (χ1n) is 7.19. The Bertz CT molecular complexity index is 500. The first-order valence-corrected chi connectivity index (χ1v) is 7.19. The Kier molecular flexibility index (Phi) is 4.96. The van der Waals surface area contributed by atoms with Gasteiger partial charge in [-0.15, -0.1) is 0 Å². The van der Waals surface area contributed by atoms with E-state index in [2.05, 4.69) is 10.6 Å². The van der Waals surface area contributed by atoms with E-state index >= 15 is 0 Å². The van der Waals surface area contributed by atoms with E-state index in [-0.39, 0.29) is 11.8 Å². The van der Waals surface area contributed by atoms with Gasteiger partial charge in [0, 0.05) is 6.42 Å². The highest BCUT2D eigenvalue weighted by atomic mass is 16.5. The fourth-order valence-corrected chi connectivity index (χ4v) is 2.27. The molecular formula is C16H22N2O3. The van der Waals surface area contributed by atoms with Crippen LogP contribution in [0.3, 0.4) is 0 Å². The standard InChI is InChI=1S/C16H22N2O3/c1-16(2,11-21-10-12-6-4-3-5-7-12)18-15(20)13-8-9-14(19)17-13/h3-7,13H,8-11H2,1-2H3,(H,17,19)(H,18,20)/t13-/m1/s1. The second-order valence-electron chi connectivity index (χ2n) is 6.01. The summed E-state index contributed by atoms with van der Waals surface area (Å²) in [5.74, 6) is -0.206. The summed E-state index contributed by atoms with van der Waals surface area (Å²) in [5, 5.41) is 5.59. The topological polar surface area (TPSA) is 67.4 Å². The molecule has 0 saturated carbocycles. The average molecular weight is 290 g/mol. The summed E-state index contributed by atoms with van der Waals surface area (Å²) in [4.78, 5) is 23.2. The molecule has 5 heteroatoms. The second-order valence-corrected chi connectivity index (χ2v) is 6.01. The van der Waals surface area contributed by atoms with Crippen LogP contribution in [0.25, 0.3) is 0 Å². The zero-order chi connectivity index (χ0) is 15.3. The summed E-state index contributed by atoms with van der Waals surface area (Å²) in [6.07, 6.45) is 0.981. The third-order valence-corrected chi connectivity index (χ3v) is 3.35. The van der Waals surface area contributed by atoms with Crippen LogP contribution in [0.5, 0.6) is 0 Å². The van der Waals surface area contributed by atoms with Gasteiger partial charge < -0.3 is 15.4 Å². The average Bonchev–Trinajstić information content (AvgIpc) is 2.86. The highest BCUT2D eigenvalue weighted by molar-refractivity contribution is 5.91. The molecule has 1 aromatic carbocycles. The van der Waals surface area contributed by atoms with Crippen molar-refractivity contribution in [3.05, 3.63) is 35.9 Å². The van der Waals surface area contributed by atoms with Crippen LogP contribution in [-0.2, 0) is 20.9 Å². The second kappa shape index (κ2) is 6.72. The molecule has 114 valence electrons. The lowest BCUT2D eigenvalue weighted by molar-refractivity contribution is -0.127. The van der Waals surface area contributed by atoms with Gasteiger partial charge in [0.05, 0.1) is 18.8 Å². The van der Waals surface area contributed by atoms with Gasteiger partial charge in [-0.05, 0) is 25.8 Å². The summed E-state index contributed by atoms with van der Waals surface area (Å²) >= 11 is 0. The van der Waals surface area contributed by atoms with Gasteiger partial charge in [-0.1, -0.05) is 30.3 Å². The first kappa shape index (κ1) is 15.5. The lowest BCUT2D eigenvalue weighted by atomic mass is 10.1. The Labute approximate surface area is 125 Å². The van der Waals surface area contributed by atoms with Gasteiger partial charge in [-0.3, -0.25) is 9.59 Å². The van der Waals surface area contributed by atoms with E-state index < -0.39 is 11.6 Å². The van der Waals surface area contributed by atoms with Gasteiger partial charge in [-0.25, -0.2) is 0 Å². The number of hydrogen-bond acceptors (Lipinski definition) is 3. The van der Waals surface area contributed by atoms with Crippen LogP contribution in [0, 0.1) is 0 Å². The van der Waals surface area contributed by atoms with Crippen LogP contribution in [0.15, 0.2) is 30.3 Å². The number of nitrogens with one attached hydrogen (secondary N) is 2. The Morgan fingerprint density at radius 1 is 1.38 bits per heavy atom. The van der Waals surface area contributed by atoms with Crippen molar-refractivity contribution in [2.45, 2.75) is 44.9 Å². The lowest BCUT2D eigenvalue weighted by Gasteiger charge is -2.27. The van der Waals surface area contributed by atoms with Crippen LogP contribution >= 0.6 is 0 Å². The van der Waals surface area contributed by atoms with Gasteiger partial charge in [0.25, 0.3) is 0 Å². The number of carbonyl (C=O) groups excluding carboxylic acids is 2. The van der Waals surface area contributed by atoms with E-state index in [1.165, 1.54) is 0 Å². The normalized spacial score (nSPS) is 18.4. The minimum Gasteiger partial charge on any atom is -0.374 e. The monoisotopic (exact) mass is 290 g/mol. The number of benzene rings is 1. The predicted octanol–water partition coefficient (Wildman–Crippen LogP) is 1.38. The van der Waals surface area contributed by atoms with Crippen LogP contribution < -0.4 is 10.6 Å². The molecule has 1 saturated heterocycles. The molecule has 0 aromatic heterocycles. The van der Waals surface area contributed by atoms with Gasteiger partial charge in [-0.2, -0.15) is 0 Å². The summed E-state index contributed by atoms with van der Waals surface area (Å²) in [6, 6.07) is 9.48. The minimum atomic E-state index is -0.473. The van der Waals surface area contributed by atoms with Crippen LogP contribution in [0.4, 0.5) is 0 Å². The number of ether oxygens (including phenoxy) is 1. The van der Waals surface area contributed by atoms with Gasteiger partial charge in [0.2, 0.25) is 11.8 Å². The van der Waals surface area contributed by atoms with Gasteiger partial charge in [0.1, 0.15) is 6.04 Å². The first-order chi connectivity index (χ1) is 9.96. The molecule has 0 bridgehead atoms. The molecule has 1 aliphatic heterocycles. The summed E-state index contributed by atoms with van der Waals surface area (Å²) in [6.45, 7) is 4.74. The Balaban J connectivity index is 1.76. The van der Waals surface area contributed by atoms with Gasteiger partial charge in [0.15, 0.2) is 0 Å². The zero-order valence-corrected chi connectivity index (χ0v) is 12.5. The van der Waals surface area contributed by atoms with Gasteiger partial charge >= 0.3 is 0 Å². The van der Waals surface area contributed by atoms with Crippen molar-refractivity contribution in [2.75, 3.05) is 6.61 Å². The Morgan fingerprint density at radius 2 is 2.10 bits per heavy atom. The van der Waals surface area contributed by atoms with Crippen molar-refractivity contribution >= 4 is 11.8 Å². The Morgan fingerprint density at radius 3 is 2.71 bits per heavy atom. The SMILES string of the molecule is CC(C)(COCc1ccccc1)NC(=O)[C@H]1CCC(=O)N1. The van der Waals surface area contributed by atoms with Crippen LogP contribution in [-0.4, -0.2) is 30.0 Å². The number of amides is 2. The molecule has 1 atom stereocenters. The molecule has 2 amide bonds. The molecule has 0 radical (unpaired) electrons. The summed E-state index contributed by atoms with van der Waals surface area (Å²) in [5.41, 5.74) is 0.627. The van der Waals surface area contributed by atoms with Crippen LogP contribution in [0.2, 0.25) is 0 Å². The highest BCUT2D eigenvalue weighted by Gasteiger charge is 2.30. The van der Waals surface area contributed by atoms with Crippen molar-refractivity contribution in [2.24, 2.45) is 0 Å². The molecule has 21 heavy (non-hydrogen) atoms. The predicted molar refractivity (Wildman–Crippen MR) is 79.5 cm³/mol. The molecule has 2 N–H and O–H groups in total. The molecule has 1 aromatic rings. The fraction of sp³-hybridized carbons (Fsp3) is 0.500. The minimum absolute atomic E-state index is 0.0618. The fourth-order valence-electron chi connectivity index (χ4n) is 2.27. The molecule has 5 nitrogen and oxygen atoms in total. The van der Waals surface area contributed by atoms with Crippen molar-refractivity contribution < 1.29 is 14.3 Å². The largest absolute Gasteiger partial charge is 0.374 e. The number of rotatable bonds is 6. The number of carbonyl (C=O) groups is 2. The quantitative estimate of drug-likeness (QED) is 0.831. The van der Waals surface area contributed by atoms with Crippen molar-refractivity contribution in [3.8, 4) is 0 Å². The van der Waals surface area contributed by atoms with E-state index in [1.807, 2.05) is 44.2 Å². The molecule has 0 aliphatic carbocycles. The molecule has 1 heterocycles. The smallest absolute Gasteiger partial charge is 0.243 e. The lowest BCUT2D eigenvalue weighted by Crippen LogP contribution is -2.52. The van der Waals surface area contributed by atoms with E-state index in [9.17, 15) is 9.59 Å². The molecule has 0 unspecified atom stereocenters. The third-order valence-electron chi connectivity index (χ3n) is 3.35. The Hall–Kier alpha value is -1.88. The maximum atomic E-state index is 12.1. The molecule has 1 fully saturated rings. The zero-order valence-electron chi connectivity index (χ0n) is 12.5. The van der Waals surface area contributed by atoms with Crippen molar-refractivity contribution in [1.29, 1.82) is 0 Å². The molecule has 2 rings (SSSR count).